The molecule has 0 unspecified atom stereocenters. The molecule has 0 aliphatic heterocycles. The van der Waals surface area contributed by atoms with Gasteiger partial charge in [-0.3, -0.25) is 4.57 Å². The van der Waals surface area contributed by atoms with Crippen molar-refractivity contribution in [1.29, 1.82) is 0 Å². The number of carbonyl (C=O) groups excluding carboxylic acids is 2. The first-order valence-corrected chi connectivity index (χ1v) is 15.0. The second kappa shape index (κ2) is 13.9. The van der Waals surface area contributed by atoms with Crippen molar-refractivity contribution >= 4 is 34.0 Å². The van der Waals surface area contributed by atoms with Crippen molar-refractivity contribution in [3.63, 3.8) is 0 Å². The fourth-order valence-corrected chi connectivity index (χ4v) is 5.47. The van der Waals surface area contributed by atoms with Crippen LogP contribution < -0.4 is 14.8 Å². The molecule has 0 aliphatic rings. The first kappa shape index (κ1) is 29.8. The fourth-order valence-electron chi connectivity index (χ4n) is 3.78. The number of aryl methyl sites for hydroxylation is 1. The molecule has 0 fully saturated rings. The molecule has 0 saturated carbocycles. The van der Waals surface area contributed by atoms with Gasteiger partial charge in [-0.1, -0.05) is 55.5 Å². The number of amides is 2. The molecule has 3 rings (SSSR count). The van der Waals surface area contributed by atoms with Gasteiger partial charge in [0.05, 0.1) is 18.0 Å². The van der Waals surface area contributed by atoms with Gasteiger partial charge in [0.15, 0.2) is 5.03 Å². The van der Waals surface area contributed by atoms with Crippen LogP contribution in [0.1, 0.15) is 31.7 Å². The van der Waals surface area contributed by atoms with Crippen molar-refractivity contribution in [3.05, 3.63) is 72.6 Å². The molecule has 1 aromatic heterocycles. The van der Waals surface area contributed by atoms with Crippen molar-refractivity contribution < 1.29 is 27.5 Å². The van der Waals surface area contributed by atoms with Crippen LogP contribution in [0.2, 0.25) is 0 Å². The quantitative estimate of drug-likeness (QED) is 0.177. The van der Waals surface area contributed by atoms with Crippen LogP contribution in [0.3, 0.4) is 0 Å². The zero-order valence-corrected chi connectivity index (χ0v) is 23.7. The Morgan fingerprint density at radius 3 is 2.49 bits per heavy atom. The van der Waals surface area contributed by atoms with Gasteiger partial charge < -0.3 is 14.8 Å². The predicted octanol–water partition coefficient (Wildman–Crippen LogP) is 4.98. The lowest BCUT2D eigenvalue weighted by Crippen LogP contribution is -2.39. The van der Waals surface area contributed by atoms with Gasteiger partial charge in [-0.05, 0) is 36.8 Å². The Morgan fingerprint density at radius 2 is 1.85 bits per heavy atom. The molecule has 1 heterocycles. The summed E-state index contributed by atoms with van der Waals surface area (Å²) in [4.78, 5) is 28.7. The van der Waals surface area contributed by atoms with Crippen LogP contribution in [0, 0.1) is 0 Å². The van der Waals surface area contributed by atoms with E-state index in [9.17, 15) is 18.0 Å². The highest BCUT2D eigenvalue weighted by Crippen LogP contribution is 2.32. The molecule has 0 atom stereocenters. The number of nitrogens with zero attached hydrogens (tertiary/aromatic N) is 2. The second-order valence-electron chi connectivity index (χ2n) is 8.26. The number of urea groups is 1. The van der Waals surface area contributed by atoms with Crippen LogP contribution in [-0.4, -0.2) is 49.6 Å². The molecule has 208 valence electrons. The topological polar surface area (TPSA) is 129 Å². The highest BCUT2D eigenvalue weighted by Gasteiger charge is 2.23. The van der Waals surface area contributed by atoms with Gasteiger partial charge in [-0.2, -0.15) is 0 Å². The van der Waals surface area contributed by atoms with Crippen LogP contribution in [0.15, 0.2) is 71.1 Å². The molecule has 0 radical (unpaired) electrons. The third kappa shape index (κ3) is 7.64. The van der Waals surface area contributed by atoms with Gasteiger partial charge in [0.2, 0.25) is 5.88 Å². The number of rotatable bonds is 12. The van der Waals surface area contributed by atoms with Gasteiger partial charge in [-0.15, -0.1) is 18.3 Å². The maximum Gasteiger partial charge on any atom is 0.515 e. The number of thioether (sulfide) groups is 1. The fraction of sp³-hybridized carbons (Fsp3) is 0.296. The molecule has 3 aromatic rings. The second-order valence-corrected chi connectivity index (χ2v) is 10.7. The van der Waals surface area contributed by atoms with E-state index in [-0.39, 0.29) is 18.0 Å². The number of carbonyl (C=O) groups is 2. The van der Waals surface area contributed by atoms with E-state index in [1.807, 2.05) is 34.6 Å². The van der Waals surface area contributed by atoms with Crippen molar-refractivity contribution in [1.82, 2.24) is 19.6 Å². The molecule has 0 aliphatic carbocycles. The molecule has 2 N–H and O–H groups in total. The standard InChI is InChI=1S/C27H32N4O6S2/c1-5-10-23-29-24(38-4)25(37-27(33)36-7-3)31(23)18-19-13-15-20(16-14-19)21-11-8-9-12-22(21)39(34,35)30-26(32)28-17-6-2/h6,8-9,11-16H,2,5,7,10,17-18H2,1,3-4H3,(H2,28,30,32). The molecule has 0 spiro atoms. The number of benzene rings is 2. The SMILES string of the molecule is C=CCNC(=O)NS(=O)(=O)c1ccccc1-c1ccc(Cn2c(CCC)nc(SC)c2OC(=O)OCC)cc1. The highest BCUT2D eigenvalue weighted by molar-refractivity contribution is 7.98. The molecule has 39 heavy (non-hydrogen) atoms. The van der Waals surface area contributed by atoms with Gasteiger partial charge >= 0.3 is 12.2 Å². The maximum absolute atomic E-state index is 12.9. The van der Waals surface area contributed by atoms with E-state index in [0.717, 1.165) is 17.8 Å². The van der Waals surface area contributed by atoms with Crippen molar-refractivity contribution in [2.75, 3.05) is 19.4 Å². The first-order valence-electron chi connectivity index (χ1n) is 12.3. The van der Waals surface area contributed by atoms with E-state index in [1.54, 1.807) is 37.3 Å². The lowest BCUT2D eigenvalue weighted by atomic mass is 10.0. The Bertz CT molecular complexity index is 1420. The van der Waals surface area contributed by atoms with Crippen molar-refractivity contribution in [3.8, 4) is 17.0 Å². The molecule has 10 nitrogen and oxygen atoms in total. The third-order valence-corrected chi connectivity index (χ3v) is 7.54. The Hall–Kier alpha value is -3.77. The Balaban J connectivity index is 1.91. The number of aromatic nitrogens is 2. The lowest BCUT2D eigenvalue weighted by molar-refractivity contribution is 0.0998. The number of imidazole rings is 1. The highest BCUT2D eigenvalue weighted by atomic mass is 32.2. The predicted molar refractivity (Wildman–Crippen MR) is 151 cm³/mol. The average Bonchev–Trinajstić information content (AvgIpc) is 3.23. The molecular weight excluding hydrogens is 540 g/mol. The molecule has 0 bridgehead atoms. The van der Waals surface area contributed by atoms with Crippen molar-refractivity contribution in [2.45, 2.75) is 43.2 Å². The smallest absolute Gasteiger partial charge is 0.434 e. The minimum absolute atomic E-state index is 0.0268. The van der Waals surface area contributed by atoms with Crippen LogP contribution in [-0.2, 0) is 27.7 Å². The summed E-state index contributed by atoms with van der Waals surface area (Å²) >= 11 is 1.38. The maximum atomic E-state index is 12.9. The minimum atomic E-state index is -4.13. The Labute approximate surface area is 232 Å². The van der Waals surface area contributed by atoms with E-state index in [1.165, 1.54) is 23.9 Å². The molecule has 2 aromatic carbocycles. The Kier molecular flexibility index (Phi) is 10.6. The molecule has 12 heteroatoms. The summed E-state index contributed by atoms with van der Waals surface area (Å²) in [5.74, 6) is 1.10. The summed E-state index contributed by atoms with van der Waals surface area (Å²) in [6, 6.07) is 12.9. The molecule has 0 saturated heterocycles. The summed E-state index contributed by atoms with van der Waals surface area (Å²) in [7, 11) is -4.13. The lowest BCUT2D eigenvalue weighted by Gasteiger charge is -2.14. The van der Waals surface area contributed by atoms with Crippen LogP contribution >= 0.6 is 11.8 Å². The van der Waals surface area contributed by atoms with E-state index in [2.05, 4.69) is 16.9 Å². The zero-order valence-electron chi connectivity index (χ0n) is 22.1. The number of hydrogen-bond donors (Lipinski definition) is 2. The van der Waals surface area contributed by atoms with E-state index < -0.39 is 22.2 Å². The molecule has 2 amide bonds. The summed E-state index contributed by atoms with van der Waals surface area (Å²) in [6.45, 7) is 7.94. The van der Waals surface area contributed by atoms with Crippen LogP contribution in [0.5, 0.6) is 5.88 Å². The monoisotopic (exact) mass is 572 g/mol. The van der Waals surface area contributed by atoms with Gasteiger partial charge in [0.25, 0.3) is 10.0 Å². The first-order chi connectivity index (χ1) is 18.7. The molecular formula is C27H32N4O6S2. The average molecular weight is 573 g/mol. The number of sulfonamides is 1. The van der Waals surface area contributed by atoms with Crippen LogP contribution in [0.4, 0.5) is 9.59 Å². The number of nitrogens with one attached hydrogen (secondary N) is 2. The zero-order chi connectivity index (χ0) is 28.4. The summed E-state index contributed by atoms with van der Waals surface area (Å²) in [6.07, 6.45) is 4.06. The van der Waals surface area contributed by atoms with Gasteiger partial charge in [-0.25, -0.2) is 27.7 Å². The number of hydrogen-bond acceptors (Lipinski definition) is 8. The van der Waals surface area contributed by atoms with E-state index >= 15 is 0 Å². The third-order valence-electron chi connectivity index (χ3n) is 5.50. The van der Waals surface area contributed by atoms with E-state index in [0.29, 0.717) is 35.0 Å². The van der Waals surface area contributed by atoms with Gasteiger partial charge in [0, 0.05) is 18.5 Å². The minimum Gasteiger partial charge on any atom is -0.434 e. The summed E-state index contributed by atoms with van der Waals surface area (Å²) < 4.78 is 40.3. The number of ether oxygens (including phenoxy) is 2. The summed E-state index contributed by atoms with van der Waals surface area (Å²) in [5, 5.41) is 2.99. The summed E-state index contributed by atoms with van der Waals surface area (Å²) in [5.41, 5.74) is 1.98. The van der Waals surface area contributed by atoms with Gasteiger partial charge in [0.1, 0.15) is 5.82 Å². The van der Waals surface area contributed by atoms with Crippen LogP contribution in [0.25, 0.3) is 11.1 Å². The van der Waals surface area contributed by atoms with Crippen molar-refractivity contribution in [2.24, 2.45) is 0 Å². The largest absolute Gasteiger partial charge is 0.515 e. The van der Waals surface area contributed by atoms with E-state index in [4.69, 9.17) is 9.47 Å². The normalized spacial score (nSPS) is 11.1. The Morgan fingerprint density at radius 1 is 1.13 bits per heavy atom.